The molecule has 0 spiro atoms. The molecule has 0 aliphatic carbocycles. The van der Waals surface area contributed by atoms with Crippen LogP contribution in [0.2, 0.25) is 0 Å². The monoisotopic (exact) mass is 192 g/mol. The molecule has 4 N–H and O–H groups in total. The molecule has 1 aromatic carbocycles. The third-order valence-electron chi connectivity index (χ3n) is 2.85. The van der Waals surface area contributed by atoms with Crippen molar-refractivity contribution in [3.63, 3.8) is 0 Å². The van der Waals surface area contributed by atoms with Crippen LogP contribution in [0.25, 0.3) is 0 Å². The first-order valence-corrected chi connectivity index (χ1v) is 5.02. The molecule has 0 radical (unpaired) electrons. The number of hydrogen-bond donors (Lipinski definition) is 3. The van der Waals surface area contributed by atoms with Crippen LogP contribution in [0.15, 0.2) is 24.3 Å². The number of phenols is 1. The Hall–Kier alpha value is -1.06. The lowest BCUT2D eigenvalue weighted by Crippen LogP contribution is -2.44. The smallest absolute Gasteiger partial charge is 0.115 e. The van der Waals surface area contributed by atoms with Crippen molar-refractivity contribution in [1.29, 1.82) is 0 Å². The van der Waals surface area contributed by atoms with Gasteiger partial charge in [0.25, 0.3) is 0 Å². The van der Waals surface area contributed by atoms with Crippen molar-refractivity contribution in [2.24, 2.45) is 5.73 Å². The maximum Gasteiger partial charge on any atom is 0.115 e. The summed E-state index contributed by atoms with van der Waals surface area (Å²) in [7, 11) is 0. The molecule has 1 saturated heterocycles. The molecule has 76 valence electrons. The second-order valence-corrected chi connectivity index (χ2v) is 3.85. The molecule has 2 atom stereocenters. The summed E-state index contributed by atoms with van der Waals surface area (Å²) in [5.41, 5.74) is 7.26. The summed E-state index contributed by atoms with van der Waals surface area (Å²) >= 11 is 0. The van der Waals surface area contributed by atoms with Crippen LogP contribution in [0.5, 0.6) is 5.75 Å². The van der Waals surface area contributed by atoms with Crippen LogP contribution in [0.1, 0.15) is 17.9 Å². The number of nitrogens with two attached hydrogens (primary N) is 1. The average molecular weight is 192 g/mol. The Bertz CT molecular complexity index is 297. The zero-order valence-corrected chi connectivity index (χ0v) is 8.11. The van der Waals surface area contributed by atoms with E-state index in [1.54, 1.807) is 12.1 Å². The molecular formula is C11H16N2O. The zero-order valence-electron chi connectivity index (χ0n) is 8.11. The van der Waals surface area contributed by atoms with Gasteiger partial charge in [0.1, 0.15) is 5.75 Å². The maximum atomic E-state index is 9.18. The summed E-state index contributed by atoms with van der Waals surface area (Å²) in [6, 6.07) is 7.57. The molecule has 0 amide bonds. The van der Waals surface area contributed by atoms with Gasteiger partial charge in [-0.25, -0.2) is 0 Å². The van der Waals surface area contributed by atoms with Gasteiger partial charge in [0.15, 0.2) is 0 Å². The molecule has 2 unspecified atom stereocenters. The molecule has 1 aliphatic rings. The van der Waals surface area contributed by atoms with Gasteiger partial charge in [0, 0.05) is 18.5 Å². The van der Waals surface area contributed by atoms with Crippen molar-refractivity contribution in [2.45, 2.75) is 18.4 Å². The predicted octanol–water partition coefficient (Wildman–Crippen LogP) is 0.796. The highest BCUT2D eigenvalue weighted by Crippen LogP contribution is 2.25. The van der Waals surface area contributed by atoms with Gasteiger partial charge >= 0.3 is 0 Å². The van der Waals surface area contributed by atoms with Crippen molar-refractivity contribution in [1.82, 2.24) is 5.32 Å². The van der Waals surface area contributed by atoms with Gasteiger partial charge in [0.05, 0.1) is 0 Å². The van der Waals surface area contributed by atoms with Gasteiger partial charge in [-0.05, 0) is 30.7 Å². The lowest BCUT2D eigenvalue weighted by atomic mass is 9.87. The maximum absolute atomic E-state index is 9.18. The first-order valence-electron chi connectivity index (χ1n) is 5.02. The molecule has 0 aromatic heterocycles. The van der Waals surface area contributed by atoms with Crippen molar-refractivity contribution < 1.29 is 5.11 Å². The van der Waals surface area contributed by atoms with Crippen molar-refractivity contribution >= 4 is 0 Å². The van der Waals surface area contributed by atoms with Crippen LogP contribution < -0.4 is 11.1 Å². The summed E-state index contributed by atoms with van der Waals surface area (Å²) in [6.07, 6.45) is 1.08. The Balaban J connectivity index is 2.16. The quantitative estimate of drug-likeness (QED) is 0.616. The first kappa shape index (κ1) is 9.49. The molecule has 1 fully saturated rings. The molecule has 1 aromatic rings. The van der Waals surface area contributed by atoms with E-state index < -0.39 is 0 Å². The Morgan fingerprint density at radius 1 is 1.29 bits per heavy atom. The van der Waals surface area contributed by atoms with Crippen LogP contribution in [0.4, 0.5) is 0 Å². The second-order valence-electron chi connectivity index (χ2n) is 3.85. The Morgan fingerprint density at radius 3 is 2.64 bits per heavy atom. The first-order chi connectivity index (χ1) is 6.77. The topological polar surface area (TPSA) is 58.3 Å². The summed E-state index contributed by atoms with van der Waals surface area (Å²) in [4.78, 5) is 0. The molecular weight excluding hydrogens is 176 g/mol. The lowest BCUT2D eigenvalue weighted by molar-refractivity contribution is 0.402. The zero-order chi connectivity index (χ0) is 9.97. The fourth-order valence-electron chi connectivity index (χ4n) is 2.02. The summed E-state index contributed by atoms with van der Waals surface area (Å²) < 4.78 is 0. The number of rotatable bonds is 1. The van der Waals surface area contributed by atoms with Crippen molar-refractivity contribution in [2.75, 3.05) is 13.1 Å². The SMILES string of the molecule is NC1CNCCC1c1ccc(O)cc1. The molecule has 1 heterocycles. The summed E-state index contributed by atoms with van der Waals surface area (Å²) in [5.74, 6) is 0.744. The predicted molar refractivity (Wildman–Crippen MR) is 56.3 cm³/mol. The second kappa shape index (κ2) is 3.98. The third kappa shape index (κ3) is 1.89. The van der Waals surface area contributed by atoms with Gasteiger partial charge in [-0.3, -0.25) is 0 Å². The highest BCUT2D eigenvalue weighted by molar-refractivity contribution is 5.29. The Kier molecular flexibility index (Phi) is 2.70. The van der Waals surface area contributed by atoms with E-state index in [-0.39, 0.29) is 6.04 Å². The third-order valence-corrected chi connectivity index (χ3v) is 2.85. The van der Waals surface area contributed by atoms with E-state index in [0.29, 0.717) is 11.7 Å². The number of aromatic hydroxyl groups is 1. The minimum Gasteiger partial charge on any atom is -0.508 e. The van der Waals surface area contributed by atoms with Crippen LogP contribution in [-0.2, 0) is 0 Å². The number of nitrogens with one attached hydrogen (secondary N) is 1. The number of piperidine rings is 1. The van der Waals surface area contributed by atoms with Gasteiger partial charge in [-0.15, -0.1) is 0 Å². The number of benzene rings is 1. The van der Waals surface area contributed by atoms with Crippen molar-refractivity contribution in [3.8, 4) is 5.75 Å². The summed E-state index contributed by atoms with van der Waals surface area (Å²) in [6.45, 7) is 1.91. The lowest BCUT2D eigenvalue weighted by Gasteiger charge is -2.29. The van der Waals surface area contributed by atoms with Gasteiger partial charge in [-0.2, -0.15) is 0 Å². The largest absolute Gasteiger partial charge is 0.508 e. The molecule has 14 heavy (non-hydrogen) atoms. The fraction of sp³-hybridized carbons (Fsp3) is 0.455. The minimum absolute atomic E-state index is 0.188. The van der Waals surface area contributed by atoms with Gasteiger partial charge in [-0.1, -0.05) is 12.1 Å². The van der Waals surface area contributed by atoms with Gasteiger partial charge in [0.2, 0.25) is 0 Å². The van der Waals surface area contributed by atoms with E-state index in [9.17, 15) is 5.11 Å². The van der Waals surface area contributed by atoms with E-state index in [2.05, 4.69) is 5.32 Å². The van der Waals surface area contributed by atoms with E-state index in [0.717, 1.165) is 19.5 Å². The molecule has 3 heteroatoms. The standard InChI is InChI=1S/C11H16N2O/c12-11-7-13-6-5-10(11)8-1-3-9(14)4-2-8/h1-4,10-11,13-14H,5-7,12H2. The van der Waals surface area contributed by atoms with Crippen molar-refractivity contribution in [3.05, 3.63) is 29.8 Å². The number of phenolic OH excluding ortho intramolecular Hbond substituents is 1. The van der Waals surface area contributed by atoms with E-state index in [1.165, 1.54) is 5.56 Å². The van der Waals surface area contributed by atoms with E-state index in [1.807, 2.05) is 12.1 Å². The van der Waals surface area contributed by atoms with Crippen LogP contribution >= 0.6 is 0 Å². The van der Waals surface area contributed by atoms with E-state index in [4.69, 9.17) is 5.73 Å². The minimum atomic E-state index is 0.188. The average Bonchev–Trinajstić information content (AvgIpc) is 2.20. The Labute approximate surface area is 83.9 Å². The molecule has 3 nitrogen and oxygen atoms in total. The molecule has 2 rings (SSSR count). The highest BCUT2D eigenvalue weighted by Gasteiger charge is 2.22. The molecule has 0 bridgehead atoms. The highest BCUT2D eigenvalue weighted by atomic mass is 16.3. The number of hydrogen-bond acceptors (Lipinski definition) is 3. The summed E-state index contributed by atoms with van der Waals surface area (Å²) in [5, 5.41) is 12.4. The van der Waals surface area contributed by atoms with Crippen LogP contribution in [-0.4, -0.2) is 24.2 Å². The van der Waals surface area contributed by atoms with Crippen LogP contribution in [0, 0.1) is 0 Å². The van der Waals surface area contributed by atoms with Gasteiger partial charge < -0.3 is 16.2 Å². The Morgan fingerprint density at radius 2 is 2.00 bits per heavy atom. The normalized spacial score (nSPS) is 27.5. The van der Waals surface area contributed by atoms with Crippen LogP contribution in [0.3, 0.4) is 0 Å². The molecule has 0 saturated carbocycles. The molecule has 1 aliphatic heterocycles. The van der Waals surface area contributed by atoms with E-state index >= 15 is 0 Å². The fourth-order valence-corrected chi connectivity index (χ4v) is 2.02.